The number of halogens is 2. The number of hydrogen-bond donors (Lipinski definition) is 0. The first-order valence-corrected chi connectivity index (χ1v) is 6.47. The summed E-state index contributed by atoms with van der Waals surface area (Å²) in [5.74, 6) is -0.648. The Kier molecular flexibility index (Phi) is 8.24. The van der Waals surface area contributed by atoms with Crippen LogP contribution in [0.3, 0.4) is 0 Å². The van der Waals surface area contributed by atoms with E-state index in [1.807, 2.05) is 30.3 Å². The van der Waals surface area contributed by atoms with Gasteiger partial charge in [0.25, 0.3) is 5.95 Å². The van der Waals surface area contributed by atoms with Gasteiger partial charge in [-0.2, -0.15) is 45.9 Å². The minimum absolute atomic E-state index is 0. The van der Waals surface area contributed by atoms with Crippen LogP contribution < -0.4 is 0 Å². The van der Waals surface area contributed by atoms with Crippen LogP contribution in [0.5, 0.6) is 0 Å². The van der Waals surface area contributed by atoms with E-state index < -0.39 is 5.95 Å². The van der Waals surface area contributed by atoms with E-state index in [9.17, 15) is 4.39 Å². The molecule has 0 aliphatic heterocycles. The van der Waals surface area contributed by atoms with Crippen LogP contribution in [0, 0.1) is 12.0 Å². The fourth-order valence-electron chi connectivity index (χ4n) is 1.50. The zero-order chi connectivity index (χ0) is 15.1. The molecule has 0 saturated heterocycles. The third-order valence-electron chi connectivity index (χ3n) is 2.47. The van der Waals surface area contributed by atoms with Crippen LogP contribution in [0.1, 0.15) is 0 Å². The quantitative estimate of drug-likeness (QED) is 0.615. The second-order valence-corrected chi connectivity index (χ2v) is 4.30. The summed E-state index contributed by atoms with van der Waals surface area (Å²) < 4.78 is 12.7. The van der Waals surface area contributed by atoms with Gasteiger partial charge in [0.05, 0.1) is 5.02 Å². The molecule has 0 aliphatic rings. The Hall–Kier alpha value is -1.30. The largest absolute Gasteiger partial charge is 0.687 e. The molecule has 0 N–H and O–H groups in total. The molecule has 0 saturated carbocycles. The molecule has 0 unspecified atom stereocenters. The molecule has 2 aromatic carbocycles. The molecule has 1 heterocycles. The molecule has 0 spiro atoms. The van der Waals surface area contributed by atoms with E-state index in [1.54, 1.807) is 25.2 Å². The normalized spacial score (nSPS) is 9.23. The molecular formula is C15H12ClFN4Y-2. The van der Waals surface area contributed by atoms with Gasteiger partial charge in [-0.05, 0) is 12.1 Å². The smallest absolute Gasteiger partial charge is 0.253 e. The van der Waals surface area contributed by atoms with Crippen LogP contribution in [-0.4, -0.2) is 22.0 Å². The first kappa shape index (κ1) is 18.8. The fraction of sp³-hybridized carbons (Fsp3) is 0.0667. The minimum atomic E-state index is -0.648. The van der Waals surface area contributed by atoms with Crippen molar-refractivity contribution >= 4 is 17.3 Å². The molecule has 1 radical (unpaired) electrons. The maximum absolute atomic E-state index is 12.7. The molecule has 0 amide bonds. The second kappa shape index (κ2) is 9.67. The second-order valence-electron chi connectivity index (χ2n) is 3.89. The number of aromatic nitrogens is 3. The Balaban J connectivity index is 0.000000293. The van der Waals surface area contributed by atoms with E-state index >= 15 is 0 Å². The van der Waals surface area contributed by atoms with Crippen LogP contribution >= 0.6 is 11.6 Å². The molecule has 0 bridgehead atoms. The molecule has 3 rings (SSSR count). The minimum Gasteiger partial charge on any atom is -0.687 e. The van der Waals surface area contributed by atoms with Gasteiger partial charge in [0.15, 0.2) is 0 Å². The van der Waals surface area contributed by atoms with Gasteiger partial charge in [0.1, 0.15) is 11.9 Å². The van der Waals surface area contributed by atoms with E-state index in [0.717, 1.165) is 16.7 Å². The molecule has 1 aromatic heterocycles. The fourth-order valence-corrected chi connectivity index (χ4v) is 1.69. The van der Waals surface area contributed by atoms with Crippen LogP contribution in [0.15, 0.2) is 54.7 Å². The van der Waals surface area contributed by atoms with Crippen molar-refractivity contribution in [3.63, 3.8) is 0 Å². The Bertz CT molecular complexity index is 664. The van der Waals surface area contributed by atoms with Gasteiger partial charge in [-0.1, -0.05) is 17.7 Å². The number of hydrogen-bond acceptors (Lipinski definition) is 2. The first-order chi connectivity index (χ1) is 10.2. The van der Waals surface area contributed by atoms with E-state index in [4.69, 9.17) is 11.6 Å². The predicted molar refractivity (Wildman–Crippen MR) is 80.5 cm³/mol. The molecule has 0 atom stereocenters. The number of rotatable bonds is 2. The van der Waals surface area contributed by atoms with Crippen LogP contribution in [0.25, 0.3) is 11.0 Å². The van der Waals surface area contributed by atoms with Crippen molar-refractivity contribution in [2.45, 2.75) is 0 Å². The molecular weight excluding hydrogens is 380 g/mol. The van der Waals surface area contributed by atoms with Crippen LogP contribution in [0.2, 0.25) is 5.02 Å². The van der Waals surface area contributed by atoms with Crippen molar-refractivity contribution in [2.24, 2.45) is 0 Å². The maximum atomic E-state index is 12.7. The molecule has 0 fully saturated rings. The van der Waals surface area contributed by atoms with Gasteiger partial charge in [-0.3, -0.25) is 0 Å². The predicted octanol–water partition coefficient (Wildman–Crippen LogP) is 4.18. The Morgan fingerprint density at radius 2 is 1.95 bits per heavy atom. The Morgan fingerprint density at radius 1 is 1.23 bits per heavy atom. The van der Waals surface area contributed by atoms with Gasteiger partial charge >= 0.3 is 0 Å². The average molecular weight is 392 g/mol. The standard InChI is InChI=1S/C9H7ClFN4.C6H5.Y/c1-12-6-2-3-7(10)8(4-6)15-13-5-9(11)14-15;1-2-4-6-5-3-1;/h2-5H,1H3;1-5H;/q2*-1;. The first-order valence-electron chi connectivity index (χ1n) is 6.09. The van der Waals surface area contributed by atoms with Gasteiger partial charge in [0.2, 0.25) is 0 Å². The monoisotopic (exact) mass is 391 g/mol. The summed E-state index contributed by atoms with van der Waals surface area (Å²) in [5, 5.41) is 11.7. The van der Waals surface area contributed by atoms with Gasteiger partial charge in [-0.25, -0.2) is 0 Å². The van der Waals surface area contributed by atoms with Crippen molar-refractivity contribution < 1.29 is 37.1 Å². The van der Waals surface area contributed by atoms with Gasteiger partial charge in [0, 0.05) is 32.7 Å². The Labute approximate surface area is 158 Å². The van der Waals surface area contributed by atoms with Crippen molar-refractivity contribution in [1.29, 1.82) is 0 Å². The summed E-state index contributed by atoms with van der Waals surface area (Å²) in [5.41, 5.74) is 1.23. The van der Waals surface area contributed by atoms with Crippen molar-refractivity contribution in [3.8, 4) is 5.69 Å². The molecule has 22 heavy (non-hydrogen) atoms. The SMILES string of the molecule is C[N-]c1ccc(Cl)c(-n2ncc(F)n2)c1.[Y].[c-]1ccccc1. The average Bonchev–Trinajstić information content (AvgIpc) is 2.96. The Morgan fingerprint density at radius 3 is 2.41 bits per heavy atom. The third kappa shape index (κ3) is 5.48. The molecule has 0 aliphatic carbocycles. The zero-order valence-electron chi connectivity index (χ0n) is 11.8. The molecule has 3 aromatic rings. The maximum Gasteiger partial charge on any atom is 0.253 e. The summed E-state index contributed by atoms with van der Waals surface area (Å²) in [6, 6.07) is 17.6. The van der Waals surface area contributed by atoms with E-state index in [1.165, 1.54) is 0 Å². The van der Waals surface area contributed by atoms with Crippen molar-refractivity contribution in [3.05, 3.63) is 77.1 Å². The summed E-state index contributed by atoms with van der Waals surface area (Å²) in [4.78, 5) is 1.13. The van der Waals surface area contributed by atoms with Crippen LogP contribution in [-0.2, 0) is 32.7 Å². The number of benzene rings is 2. The van der Waals surface area contributed by atoms with E-state index in [2.05, 4.69) is 21.6 Å². The summed E-state index contributed by atoms with van der Waals surface area (Å²) in [7, 11) is 1.66. The zero-order valence-corrected chi connectivity index (χ0v) is 15.4. The van der Waals surface area contributed by atoms with Gasteiger partial charge in [-0.15, -0.1) is 22.6 Å². The van der Waals surface area contributed by atoms with Gasteiger partial charge < -0.3 is 5.32 Å². The van der Waals surface area contributed by atoms with E-state index in [-0.39, 0.29) is 32.7 Å². The topological polar surface area (TPSA) is 44.8 Å². The third-order valence-corrected chi connectivity index (χ3v) is 2.79. The summed E-state index contributed by atoms with van der Waals surface area (Å²) in [6.07, 6.45) is 1.02. The number of nitrogens with zero attached hydrogens (tertiary/aromatic N) is 4. The molecule has 7 heteroatoms. The molecule has 111 valence electrons. The van der Waals surface area contributed by atoms with Crippen molar-refractivity contribution in [1.82, 2.24) is 15.0 Å². The van der Waals surface area contributed by atoms with Crippen LogP contribution in [0.4, 0.5) is 10.1 Å². The van der Waals surface area contributed by atoms with Crippen molar-refractivity contribution in [2.75, 3.05) is 7.05 Å². The summed E-state index contributed by atoms with van der Waals surface area (Å²) >= 11 is 5.93. The van der Waals surface area contributed by atoms with E-state index in [0.29, 0.717) is 10.7 Å². The molecule has 4 nitrogen and oxygen atoms in total. The summed E-state index contributed by atoms with van der Waals surface area (Å²) in [6.45, 7) is 0.